The zero-order valence-electron chi connectivity index (χ0n) is 16.3. The van der Waals surface area contributed by atoms with Crippen molar-refractivity contribution in [3.63, 3.8) is 0 Å². The molecule has 0 saturated carbocycles. The molecule has 4 heterocycles. The minimum atomic E-state index is -4.36. The molecule has 0 radical (unpaired) electrons. The molecule has 2 aromatic rings. The van der Waals surface area contributed by atoms with Crippen molar-refractivity contribution in [3.05, 3.63) is 47.4 Å². The number of H-pyrrole nitrogens is 1. The highest BCUT2D eigenvalue weighted by Crippen LogP contribution is 2.30. The summed E-state index contributed by atoms with van der Waals surface area (Å²) in [5, 5.41) is 10.7. The van der Waals surface area contributed by atoms with Crippen LogP contribution in [-0.2, 0) is 12.7 Å². The highest BCUT2D eigenvalue weighted by Gasteiger charge is 2.32. The van der Waals surface area contributed by atoms with Crippen LogP contribution in [0.2, 0.25) is 0 Å². The van der Waals surface area contributed by atoms with Crippen LogP contribution < -0.4 is 10.2 Å². The van der Waals surface area contributed by atoms with Crippen LogP contribution in [0, 0.1) is 0 Å². The lowest BCUT2D eigenvalue weighted by Crippen LogP contribution is -2.51. The highest BCUT2D eigenvalue weighted by molar-refractivity contribution is 5.66. The Morgan fingerprint density at radius 1 is 1.21 bits per heavy atom. The first-order chi connectivity index (χ1) is 13.9. The Hall–Kier alpha value is -2.39. The zero-order valence-corrected chi connectivity index (χ0v) is 16.3. The molecule has 9 heteroatoms. The van der Waals surface area contributed by atoms with Crippen molar-refractivity contribution < 1.29 is 13.2 Å². The second-order valence-corrected chi connectivity index (χ2v) is 7.63. The summed E-state index contributed by atoms with van der Waals surface area (Å²) >= 11 is 0. The number of halogens is 3. The first kappa shape index (κ1) is 19.9. The van der Waals surface area contributed by atoms with Crippen LogP contribution in [0.3, 0.4) is 0 Å². The number of alkyl halides is 3. The van der Waals surface area contributed by atoms with Gasteiger partial charge in [-0.1, -0.05) is 6.08 Å². The fourth-order valence-electron chi connectivity index (χ4n) is 4.04. The first-order valence-electron chi connectivity index (χ1n) is 9.86. The maximum Gasteiger partial charge on any atom is 0.417 e. The molecular formula is C20H25F3N6. The summed E-state index contributed by atoms with van der Waals surface area (Å²) in [4.78, 5) is 8.49. The van der Waals surface area contributed by atoms with E-state index in [1.807, 2.05) is 6.20 Å². The van der Waals surface area contributed by atoms with Gasteiger partial charge in [0.05, 0.1) is 17.5 Å². The Morgan fingerprint density at radius 2 is 2.07 bits per heavy atom. The third-order valence-electron chi connectivity index (χ3n) is 5.58. The van der Waals surface area contributed by atoms with Crippen molar-refractivity contribution in [3.8, 4) is 0 Å². The normalized spacial score (nSPS) is 21.3. The summed E-state index contributed by atoms with van der Waals surface area (Å²) in [5.74, 6) is 0.592. The van der Waals surface area contributed by atoms with Crippen molar-refractivity contribution in [1.82, 2.24) is 25.4 Å². The van der Waals surface area contributed by atoms with E-state index >= 15 is 0 Å². The van der Waals surface area contributed by atoms with Gasteiger partial charge in [-0.3, -0.25) is 10.00 Å². The molecule has 0 aliphatic carbocycles. The van der Waals surface area contributed by atoms with Crippen LogP contribution in [0.4, 0.5) is 19.0 Å². The molecule has 0 spiro atoms. The number of nitrogens with one attached hydrogen (secondary N) is 2. The van der Waals surface area contributed by atoms with Crippen LogP contribution >= 0.6 is 0 Å². The van der Waals surface area contributed by atoms with Crippen LogP contribution in [0.15, 0.2) is 30.6 Å². The van der Waals surface area contributed by atoms with Gasteiger partial charge < -0.3 is 10.2 Å². The maximum absolute atomic E-state index is 12.8. The van der Waals surface area contributed by atoms with E-state index in [0.717, 1.165) is 63.6 Å². The van der Waals surface area contributed by atoms with E-state index in [9.17, 15) is 13.2 Å². The molecule has 1 saturated heterocycles. The van der Waals surface area contributed by atoms with Crippen molar-refractivity contribution in [1.29, 1.82) is 0 Å². The van der Waals surface area contributed by atoms with Gasteiger partial charge in [0.15, 0.2) is 0 Å². The van der Waals surface area contributed by atoms with E-state index < -0.39 is 11.7 Å². The van der Waals surface area contributed by atoms with Gasteiger partial charge in [-0.05, 0) is 37.6 Å². The Bertz CT molecular complexity index is 858. The summed E-state index contributed by atoms with van der Waals surface area (Å²) in [6.45, 7) is 7.08. The van der Waals surface area contributed by atoms with E-state index in [2.05, 4.69) is 43.3 Å². The highest BCUT2D eigenvalue weighted by atomic mass is 19.4. The number of pyridine rings is 1. The Balaban J connectivity index is 1.40. The molecule has 29 heavy (non-hydrogen) atoms. The Labute approximate surface area is 167 Å². The van der Waals surface area contributed by atoms with E-state index in [4.69, 9.17) is 0 Å². The average molecular weight is 406 g/mol. The van der Waals surface area contributed by atoms with E-state index in [0.29, 0.717) is 5.82 Å². The monoisotopic (exact) mass is 406 g/mol. The average Bonchev–Trinajstić information content (AvgIpc) is 3.16. The summed E-state index contributed by atoms with van der Waals surface area (Å²) < 4.78 is 38.3. The quantitative estimate of drug-likeness (QED) is 0.818. The number of rotatable bonds is 4. The number of nitrogens with zero attached hydrogens (tertiary/aromatic N) is 4. The smallest absolute Gasteiger partial charge is 0.351 e. The molecule has 2 N–H and O–H groups in total. The largest absolute Gasteiger partial charge is 0.417 e. The van der Waals surface area contributed by atoms with Gasteiger partial charge in [0.25, 0.3) is 0 Å². The van der Waals surface area contributed by atoms with Gasteiger partial charge in [0, 0.05) is 50.5 Å². The lowest BCUT2D eigenvalue weighted by molar-refractivity contribution is -0.137. The molecule has 2 aliphatic rings. The van der Waals surface area contributed by atoms with Gasteiger partial charge in [-0.2, -0.15) is 18.3 Å². The Kier molecular flexibility index (Phi) is 5.60. The van der Waals surface area contributed by atoms with Gasteiger partial charge in [-0.25, -0.2) is 4.98 Å². The summed E-state index contributed by atoms with van der Waals surface area (Å²) in [6.07, 6.45) is 1.64. The van der Waals surface area contributed by atoms with Crippen molar-refractivity contribution in [2.24, 2.45) is 0 Å². The standard InChI is InChI=1S/C20H25F3N6/c1-14-12-28(13-16-10-26-27-19(16)15-4-6-24-7-5-15)8-9-29(14)18-3-2-17(11-25-18)20(21,22)23/h2-4,10-11,14,24H,5-9,12-13H2,1H3,(H,26,27). The minimum absolute atomic E-state index is 0.154. The molecule has 0 aromatic carbocycles. The number of hydrogen-bond acceptors (Lipinski definition) is 5. The number of hydrogen-bond donors (Lipinski definition) is 2. The van der Waals surface area contributed by atoms with Crippen molar-refractivity contribution in [2.45, 2.75) is 32.1 Å². The van der Waals surface area contributed by atoms with Crippen LogP contribution in [0.25, 0.3) is 5.57 Å². The molecule has 1 fully saturated rings. The second kappa shape index (κ2) is 8.16. The maximum atomic E-state index is 12.8. The summed E-state index contributed by atoms with van der Waals surface area (Å²) in [5.41, 5.74) is 2.89. The van der Waals surface area contributed by atoms with E-state index in [-0.39, 0.29) is 6.04 Å². The topological polar surface area (TPSA) is 60.1 Å². The van der Waals surface area contributed by atoms with E-state index in [1.54, 1.807) is 0 Å². The molecule has 4 rings (SSSR count). The van der Waals surface area contributed by atoms with Gasteiger partial charge in [-0.15, -0.1) is 0 Å². The summed E-state index contributed by atoms with van der Waals surface area (Å²) in [7, 11) is 0. The third-order valence-corrected chi connectivity index (χ3v) is 5.58. The van der Waals surface area contributed by atoms with Crippen LogP contribution in [-0.4, -0.2) is 58.8 Å². The molecule has 6 nitrogen and oxygen atoms in total. The number of piperazine rings is 1. The van der Waals surface area contributed by atoms with Gasteiger partial charge in [0.2, 0.25) is 0 Å². The number of aromatic amines is 1. The number of aromatic nitrogens is 3. The predicted molar refractivity (Wildman–Crippen MR) is 105 cm³/mol. The summed E-state index contributed by atoms with van der Waals surface area (Å²) in [6, 6.07) is 2.72. The zero-order chi connectivity index (χ0) is 20.4. The molecule has 0 amide bonds. The first-order valence-corrected chi connectivity index (χ1v) is 9.86. The molecule has 0 bridgehead atoms. The SMILES string of the molecule is CC1CN(Cc2cn[nH]c2C2=CCNCC2)CCN1c1ccc(C(F)(F)F)cn1. The second-order valence-electron chi connectivity index (χ2n) is 7.63. The van der Waals surface area contributed by atoms with Crippen molar-refractivity contribution >= 4 is 11.4 Å². The molecule has 156 valence electrons. The van der Waals surface area contributed by atoms with Crippen LogP contribution in [0.5, 0.6) is 0 Å². The molecular weight excluding hydrogens is 381 g/mol. The fourth-order valence-corrected chi connectivity index (χ4v) is 4.04. The molecule has 1 unspecified atom stereocenters. The minimum Gasteiger partial charge on any atom is -0.351 e. The van der Waals surface area contributed by atoms with Crippen LogP contribution in [0.1, 0.15) is 30.2 Å². The lowest BCUT2D eigenvalue weighted by atomic mass is 10.0. The fraction of sp³-hybridized carbons (Fsp3) is 0.500. The molecule has 2 aliphatic heterocycles. The third kappa shape index (κ3) is 4.45. The number of anilines is 1. The lowest BCUT2D eigenvalue weighted by Gasteiger charge is -2.40. The molecule has 1 atom stereocenters. The van der Waals surface area contributed by atoms with Crippen molar-refractivity contribution in [2.75, 3.05) is 37.6 Å². The molecule has 2 aromatic heterocycles. The van der Waals surface area contributed by atoms with Gasteiger partial charge >= 0.3 is 6.18 Å². The van der Waals surface area contributed by atoms with Gasteiger partial charge in [0.1, 0.15) is 5.82 Å². The Morgan fingerprint density at radius 3 is 2.72 bits per heavy atom. The predicted octanol–water partition coefficient (Wildman–Crippen LogP) is 2.91. The van der Waals surface area contributed by atoms with E-state index in [1.165, 1.54) is 17.2 Å².